The Morgan fingerprint density at radius 2 is 2.58 bits per heavy atom. The van der Waals surface area contributed by atoms with Crippen LogP contribution in [0.2, 0.25) is 0 Å². The van der Waals surface area contributed by atoms with E-state index in [1.165, 1.54) is 5.57 Å². The number of ether oxygens (including phenoxy) is 1. The summed E-state index contributed by atoms with van der Waals surface area (Å²) >= 11 is 0. The third kappa shape index (κ3) is 0.547. The van der Waals surface area contributed by atoms with Crippen LogP contribution in [0.15, 0.2) is 28.8 Å². The Hall–Kier alpha value is -0.890. The smallest absolute Gasteiger partial charge is 0.161 e. The van der Waals surface area contributed by atoms with E-state index >= 15 is 0 Å². The second-order valence-electron chi connectivity index (χ2n) is 3.48. The first-order valence-corrected chi connectivity index (χ1v) is 4.45. The molecular weight excluding hydrogens is 150 g/mol. The Kier molecular flexibility index (Phi) is 1.04. The molecule has 2 nitrogen and oxygen atoms in total. The maximum atomic E-state index is 5.73. The summed E-state index contributed by atoms with van der Waals surface area (Å²) in [6.45, 7) is 2.99. The molecular formula is C10H11NO. The molecule has 1 aliphatic carbocycles. The lowest BCUT2D eigenvalue weighted by atomic mass is 9.92. The van der Waals surface area contributed by atoms with Gasteiger partial charge in [0.2, 0.25) is 0 Å². The van der Waals surface area contributed by atoms with Gasteiger partial charge in [0.25, 0.3) is 0 Å². The first-order chi connectivity index (χ1) is 5.88. The largest absolute Gasteiger partial charge is 0.354 e. The molecule has 0 N–H and O–H groups in total. The number of aliphatic imine (C=N–C) groups is 1. The summed E-state index contributed by atoms with van der Waals surface area (Å²) in [5.41, 5.74) is 2.37. The lowest BCUT2D eigenvalue weighted by Gasteiger charge is -2.12. The maximum Gasteiger partial charge on any atom is 0.161 e. The summed E-state index contributed by atoms with van der Waals surface area (Å²) < 4.78 is 5.73. The van der Waals surface area contributed by atoms with E-state index in [1.807, 2.05) is 0 Å². The fourth-order valence-corrected chi connectivity index (χ4v) is 2.28. The first-order valence-electron chi connectivity index (χ1n) is 4.45. The summed E-state index contributed by atoms with van der Waals surface area (Å²) in [6.07, 6.45) is 7.86. The average Bonchev–Trinajstić information content (AvgIpc) is 2.72. The second-order valence-corrected chi connectivity index (χ2v) is 3.48. The van der Waals surface area contributed by atoms with Crippen molar-refractivity contribution < 1.29 is 4.74 Å². The van der Waals surface area contributed by atoms with Crippen LogP contribution in [0.3, 0.4) is 0 Å². The predicted octanol–water partition coefficient (Wildman–Crippen LogP) is 1.48. The Morgan fingerprint density at radius 3 is 3.42 bits per heavy atom. The van der Waals surface area contributed by atoms with Crippen molar-refractivity contribution in [1.82, 2.24) is 0 Å². The van der Waals surface area contributed by atoms with Crippen molar-refractivity contribution in [3.63, 3.8) is 0 Å². The third-order valence-electron chi connectivity index (χ3n) is 2.94. The fourth-order valence-electron chi connectivity index (χ4n) is 2.28. The molecule has 2 aliphatic heterocycles. The van der Waals surface area contributed by atoms with Gasteiger partial charge < -0.3 is 4.74 Å². The molecule has 0 aromatic heterocycles. The minimum absolute atomic E-state index is 0.0764. The molecule has 62 valence electrons. The minimum Gasteiger partial charge on any atom is -0.354 e. The van der Waals surface area contributed by atoms with Crippen LogP contribution in [0.4, 0.5) is 0 Å². The van der Waals surface area contributed by atoms with Crippen molar-refractivity contribution in [3.05, 3.63) is 23.8 Å². The predicted molar refractivity (Wildman–Crippen MR) is 47.4 cm³/mol. The molecule has 0 amide bonds. The van der Waals surface area contributed by atoms with E-state index in [1.54, 1.807) is 0 Å². The van der Waals surface area contributed by atoms with Crippen molar-refractivity contribution in [1.29, 1.82) is 0 Å². The minimum atomic E-state index is -0.0764. The molecule has 0 unspecified atom stereocenters. The van der Waals surface area contributed by atoms with Crippen molar-refractivity contribution in [3.8, 4) is 0 Å². The maximum absolute atomic E-state index is 5.73. The van der Waals surface area contributed by atoms with E-state index in [0.717, 1.165) is 18.7 Å². The summed E-state index contributed by atoms with van der Waals surface area (Å²) in [7, 11) is 0. The van der Waals surface area contributed by atoms with Crippen LogP contribution in [-0.2, 0) is 4.74 Å². The molecule has 0 aromatic rings. The summed E-state index contributed by atoms with van der Waals surface area (Å²) in [5, 5.41) is 0. The van der Waals surface area contributed by atoms with E-state index in [9.17, 15) is 0 Å². The highest BCUT2D eigenvalue weighted by molar-refractivity contribution is 6.11. The SMILES string of the molecule is C/C=C1\C=CC2=NCC[C@@H]3O[C@@]213. The van der Waals surface area contributed by atoms with Crippen LogP contribution in [0.1, 0.15) is 13.3 Å². The van der Waals surface area contributed by atoms with Crippen LogP contribution < -0.4 is 0 Å². The van der Waals surface area contributed by atoms with Gasteiger partial charge in [0, 0.05) is 6.54 Å². The van der Waals surface area contributed by atoms with Gasteiger partial charge in [-0.25, -0.2) is 0 Å². The molecule has 12 heavy (non-hydrogen) atoms. The number of allylic oxidation sites excluding steroid dienone is 1. The molecule has 2 heteroatoms. The van der Waals surface area contributed by atoms with Crippen LogP contribution in [0.5, 0.6) is 0 Å². The molecule has 0 saturated carbocycles. The zero-order chi connectivity index (χ0) is 8.18. The summed E-state index contributed by atoms with van der Waals surface area (Å²) in [4.78, 5) is 4.47. The Bertz CT molecular complexity index is 327. The highest BCUT2D eigenvalue weighted by Gasteiger charge is 2.63. The van der Waals surface area contributed by atoms with Gasteiger partial charge in [-0.1, -0.05) is 12.2 Å². The van der Waals surface area contributed by atoms with Crippen molar-refractivity contribution in [2.45, 2.75) is 25.0 Å². The van der Waals surface area contributed by atoms with Crippen molar-refractivity contribution in [2.75, 3.05) is 6.54 Å². The molecule has 1 saturated heterocycles. The van der Waals surface area contributed by atoms with Crippen LogP contribution in [0, 0.1) is 0 Å². The van der Waals surface area contributed by atoms with Gasteiger partial charge >= 0.3 is 0 Å². The number of hydrogen-bond acceptors (Lipinski definition) is 2. The van der Waals surface area contributed by atoms with Gasteiger partial charge in [0.15, 0.2) is 5.60 Å². The molecule has 0 radical (unpaired) electrons. The number of hydrogen-bond donors (Lipinski definition) is 0. The van der Waals surface area contributed by atoms with Gasteiger partial charge in [0.1, 0.15) is 6.10 Å². The average molecular weight is 161 g/mol. The highest BCUT2D eigenvalue weighted by atomic mass is 16.6. The van der Waals surface area contributed by atoms with Crippen LogP contribution in [0.25, 0.3) is 0 Å². The number of epoxide rings is 1. The summed E-state index contributed by atoms with van der Waals surface area (Å²) in [6, 6.07) is 0. The summed E-state index contributed by atoms with van der Waals surface area (Å²) in [5.74, 6) is 0. The topological polar surface area (TPSA) is 24.9 Å². The monoisotopic (exact) mass is 161 g/mol. The molecule has 2 atom stereocenters. The molecule has 2 heterocycles. The normalized spacial score (nSPS) is 45.6. The highest BCUT2D eigenvalue weighted by Crippen LogP contribution is 2.51. The van der Waals surface area contributed by atoms with Crippen LogP contribution in [-0.4, -0.2) is 24.0 Å². The van der Waals surface area contributed by atoms with Crippen molar-refractivity contribution in [2.24, 2.45) is 4.99 Å². The standard InChI is InChI=1S/C10H11NO/c1-2-7-3-4-8-10(7)9(12-10)5-6-11-8/h2-4,9H,5-6H2,1H3/b7-2+/t9-,10+/m0/s1. The second kappa shape index (κ2) is 1.88. The number of nitrogens with zero attached hydrogens (tertiary/aromatic N) is 1. The molecule has 3 aliphatic rings. The molecule has 0 bridgehead atoms. The molecule has 0 aromatic carbocycles. The van der Waals surface area contributed by atoms with E-state index in [-0.39, 0.29) is 5.60 Å². The lowest BCUT2D eigenvalue weighted by molar-refractivity contribution is 0.364. The molecule has 3 rings (SSSR count). The fraction of sp³-hybridized carbons (Fsp3) is 0.500. The van der Waals surface area contributed by atoms with E-state index in [0.29, 0.717) is 6.10 Å². The zero-order valence-electron chi connectivity index (χ0n) is 7.08. The first kappa shape index (κ1) is 6.61. The van der Waals surface area contributed by atoms with E-state index in [2.05, 4.69) is 30.1 Å². The quantitative estimate of drug-likeness (QED) is 0.494. The Labute approximate surface area is 71.6 Å². The molecule has 1 fully saturated rings. The number of rotatable bonds is 0. The van der Waals surface area contributed by atoms with E-state index < -0.39 is 0 Å². The van der Waals surface area contributed by atoms with E-state index in [4.69, 9.17) is 4.74 Å². The zero-order valence-corrected chi connectivity index (χ0v) is 7.08. The lowest BCUT2D eigenvalue weighted by Crippen LogP contribution is -2.27. The third-order valence-corrected chi connectivity index (χ3v) is 2.94. The Balaban J connectivity index is 2.14. The van der Waals surface area contributed by atoms with Gasteiger partial charge in [-0.05, 0) is 25.0 Å². The van der Waals surface area contributed by atoms with Gasteiger partial charge in [-0.2, -0.15) is 0 Å². The van der Waals surface area contributed by atoms with Crippen LogP contribution >= 0.6 is 0 Å². The van der Waals surface area contributed by atoms with Crippen molar-refractivity contribution >= 4 is 5.71 Å². The van der Waals surface area contributed by atoms with Gasteiger partial charge in [-0.15, -0.1) is 0 Å². The Morgan fingerprint density at radius 1 is 1.67 bits per heavy atom. The van der Waals surface area contributed by atoms with Gasteiger partial charge in [-0.3, -0.25) is 4.99 Å². The van der Waals surface area contributed by atoms with Gasteiger partial charge in [0.05, 0.1) is 5.71 Å². The molecule has 1 spiro atoms.